The first kappa shape index (κ1) is 28.6. The zero-order valence-corrected chi connectivity index (χ0v) is 21.7. The van der Waals surface area contributed by atoms with Crippen molar-refractivity contribution in [3.63, 3.8) is 0 Å². The maximum Gasteiger partial charge on any atom is 0.309 e. The van der Waals surface area contributed by atoms with Crippen LogP contribution in [0.25, 0.3) is 10.9 Å². The van der Waals surface area contributed by atoms with E-state index in [0.717, 1.165) is 6.07 Å². The second-order valence-electron chi connectivity index (χ2n) is 9.89. The molecule has 0 radical (unpaired) electrons. The van der Waals surface area contributed by atoms with Gasteiger partial charge in [-0.1, -0.05) is 0 Å². The molecule has 3 aromatic rings. The van der Waals surface area contributed by atoms with Gasteiger partial charge in [0, 0.05) is 48.9 Å². The fourth-order valence-corrected chi connectivity index (χ4v) is 5.25. The number of nitrogens with one attached hydrogen (secondary N) is 1. The van der Waals surface area contributed by atoms with Gasteiger partial charge in [-0.2, -0.15) is 0 Å². The monoisotopic (exact) mass is 548 g/mol. The molecule has 1 aliphatic rings. The van der Waals surface area contributed by atoms with Gasteiger partial charge in [0.2, 0.25) is 0 Å². The first-order chi connectivity index (χ1) is 18.7. The number of benzene rings is 2. The topological polar surface area (TPSA) is 101 Å². The highest BCUT2D eigenvalue weighted by atomic mass is 19.2. The van der Waals surface area contributed by atoms with Crippen LogP contribution in [0.15, 0.2) is 36.5 Å². The van der Waals surface area contributed by atoms with Crippen LogP contribution in [0.2, 0.25) is 0 Å². The van der Waals surface area contributed by atoms with E-state index in [-0.39, 0.29) is 31.6 Å². The van der Waals surface area contributed by atoms with E-state index in [1.807, 2.05) is 4.90 Å². The van der Waals surface area contributed by atoms with Gasteiger partial charge in [-0.25, -0.2) is 17.6 Å². The molecule has 4 rings (SSSR count). The van der Waals surface area contributed by atoms with Gasteiger partial charge in [-0.15, -0.1) is 0 Å². The Morgan fingerprint density at radius 1 is 1.23 bits per heavy atom. The average Bonchev–Trinajstić information content (AvgIpc) is 2.93. The minimum Gasteiger partial charge on any atom is -0.497 e. The van der Waals surface area contributed by atoms with Crippen LogP contribution < -0.4 is 15.8 Å². The van der Waals surface area contributed by atoms with Gasteiger partial charge in [-0.3, -0.25) is 9.78 Å². The molecule has 0 saturated carbocycles. The van der Waals surface area contributed by atoms with Crippen LogP contribution in [0.4, 0.5) is 23.2 Å². The molecule has 1 aliphatic heterocycles. The molecule has 0 bridgehead atoms. The first-order valence-corrected chi connectivity index (χ1v) is 12.8. The van der Waals surface area contributed by atoms with Crippen molar-refractivity contribution in [3.8, 4) is 5.75 Å². The SMILES string of the molecule is COc1ccc2ncc(CN)c([C@@H](F)CCC3(C(=O)O)CCN(CCNc4cc(F)cc(F)c4F)CC3)c2c1. The summed E-state index contributed by atoms with van der Waals surface area (Å²) in [6.45, 7) is 1.61. The van der Waals surface area contributed by atoms with Crippen molar-refractivity contribution in [2.75, 3.05) is 38.6 Å². The zero-order valence-electron chi connectivity index (χ0n) is 21.7. The number of methoxy groups -OCH3 is 1. The van der Waals surface area contributed by atoms with E-state index in [0.29, 0.717) is 66.3 Å². The zero-order chi connectivity index (χ0) is 28.2. The number of carboxylic acid groups (broad SMARTS) is 1. The van der Waals surface area contributed by atoms with Gasteiger partial charge in [0.15, 0.2) is 11.6 Å². The highest BCUT2D eigenvalue weighted by Crippen LogP contribution is 2.41. The van der Waals surface area contributed by atoms with E-state index in [2.05, 4.69) is 10.3 Å². The number of anilines is 1. The number of piperidine rings is 1. The molecule has 7 nitrogen and oxygen atoms in total. The standard InChI is InChI=1S/C28H32F4N4O3/c1-39-19-2-3-23-20(14-19)25(17(15-33)16-35-23)21(30)4-5-28(27(37)38)6-9-36(10-7-28)11-8-34-24-13-18(29)12-22(31)26(24)32/h2-3,12-14,16,21,34H,4-11,15,33H2,1H3,(H,37,38)/t21-/m0/s1. The molecule has 1 atom stereocenters. The Bertz CT molecular complexity index is 1330. The molecular weight excluding hydrogens is 516 g/mol. The Hall–Kier alpha value is -3.44. The smallest absolute Gasteiger partial charge is 0.309 e. The van der Waals surface area contributed by atoms with E-state index in [1.165, 1.54) is 7.11 Å². The number of likely N-dealkylation sites (tertiary alicyclic amines) is 1. The lowest BCUT2D eigenvalue weighted by Gasteiger charge is -2.39. The Labute approximate surface area is 224 Å². The normalized spacial score (nSPS) is 16.3. The fraction of sp³-hybridized carbons (Fsp3) is 0.429. The number of carbonyl (C=O) groups is 1. The minimum absolute atomic E-state index is 0.00158. The maximum atomic E-state index is 15.8. The number of halogens is 4. The maximum absolute atomic E-state index is 15.8. The number of fused-ring (bicyclic) bond motifs is 1. The van der Waals surface area contributed by atoms with Gasteiger partial charge in [-0.05, 0) is 62.5 Å². The van der Waals surface area contributed by atoms with Crippen molar-refractivity contribution in [2.45, 2.75) is 38.4 Å². The van der Waals surface area contributed by atoms with E-state index in [1.54, 1.807) is 24.4 Å². The van der Waals surface area contributed by atoms with Crippen LogP contribution in [0, 0.1) is 22.9 Å². The van der Waals surface area contributed by atoms with Gasteiger partial charge in [0.25, 0.3) is 0 Å². The van der Waals surface area contributed by atoms with Crippen molar-refractivity contribution < 1.29 is 32.2 Å². The molecule has 39 heavy (non-hydrogen) atoms. The third-order valence-corrected chi connectivity index (χ3v) is 7.61. The molecule has 4 N–H and O–H groups in total. The molecule has 1 aromatic heterocycles. The molecule has 0 amide bonds. The van der Waals surface area contributed by atoms with Gasteiger partial charge in [0.1, 0.15) is 17.7 Å². The van der Waals surface area contributed by atoms with Gasteiger partial charge >= 0.3 is 5.97 Å². The van der Waals surface area contributed by atoms with E-state index < -0.39 is 35.0 Å². The lowest BCUT2D eigenvalue weighted by Crippen LogP contribution is -2.45. The van der Waals surface area contributed by atoms with Crippen LogP contribution in [-0.4, -0.2) is 54.2 Å². The summed E-state index contributed by atoms with van der Waals surface area (Å²) in [5.74, 6) is -3.72. The molecule has 210 valence electrons. The second kappa shape index (κ2) is 12.2. The number of nitrogens with two attached hydrogens (primary N) is 1. The molecule has 0 aliphatic carbocycles. The van der Waals surface area contributed by atoms with Crippen LogP contribution in [-0.2, 0) is 11.3 Å². The summed E-state index contributed by atoms with van der Waals surface area (Å²) in [7, 11) is 1.52. The molecule has 2 aromatic carbocycles. The fourth-order valence-electron chi connectivity index (χ4n) is 5.25. The Balaban J connectivity index is 1.39. The van der Waals surface area contributed by atoms with Gasteiger partial charge < -0.3 is 25.8 Å². The number of aliphatic carboxylic acids is 1. The third kappa shape index (κ3) is 6.25. The van der Waals surface area contributed by atoms with Gasteiger partial charge in [0.05, 0.1) is 23.7 Å². The van der Waals surface area contributed by atoms with Crippen molar-refractivity contribution >= 4 is 22.6 Å². The van der Waals surface area contributed by atoms with E-state index in [9.17, 15) is 23.1 Å². The number of alkyl halides is 1. The number of rotatable bonds is 11. The van der Waals surface area contributed by atoms with E-state index >= 15 is 4.39 Å². The summed E-state index contributed by atoms with van der Waals surface area (Å²) in [5.41, 5.74) is 6.09. The van der Waals surface area contributed by atoms with E-state index in [4.69, 9.17) is 10.5 Å². The van der Waals surface area contributed by atoms with Crippen molar-refractivity contribution in [1.82, 2.24) is 9.88 Å². The van der Waals surface area contributed by atoms with Crippen LogP contribution >= 0.6 is 0 Å². The largest absolute Gasteiger partial charge is 0.497 e. The summed E-state index contributed by atoms with van der Waals surface area (Å²) in [6, 6.07) is 6.56. The lowest BCUT2D eigenvalue weighted by molar-refractivity contribution is -0.153. The van der Waals surface area contributed by atoms with Crippen LogP contribution in [0.3, 0.4) is 0 Å². The molecule has 2 heterocycles. The lowest BCUT2D eigenvalue weighted by atomic mass is 9.74. The summed E-state index contributed by atoms with van der Waals surface area (Å²) < 4.78 is 61.8. The molecule has 0 spiro atoms. The Kier molecular flexibility index (Phi) is 8.91. The number of carboxylic acids is 1. The molecule has 11 heteroatoms. The molecule has 1 fully saturated rings. The van der Waals surface area contributed by atoms with Crippen molar-refractivity contribution in [2.24, 2.45) is 11.1 Å². The number of nitrogens with zero attached hydrogens (tertiary/aromatic N) is 2. The Morgan fingerprint density at radius 3 is 2.64 bits per heavy atom. The minimum atomic E-state index is -1.44. The quantitative estimate of drug-likeness (QED) is 0.224. The summed E-state index contributed by atoms with van der Waals surface area (Å²) in [4.78, 5) is 18.7. The number of aromatic nitrogens is 1. The van der Waals surface area contributed by atoms with Crippen molar-refractivity contribution in [1.29, 1.82) is 0 Å². The average molecular weight is 549 g/mol. The summed E-state index contributed by atoms with van der Waals surface area (Å²) in [5, 5.41) is 13.4. The highest BCUT2D eigenvalue weighted by Gasteiger charge is 2.41. The first-order valence-electron chi connectivity index (χ1n) is 12.8. The highest BCUT2D eigenvalue weighted by molar-refractivity contribution is 5.85. The predicted octanol–water partition coefficient (Wildman–Crippen LogP) is 5.19. The molecular formula is C28H32F4N4O3. The number of hydrogen-bond acceptors (Lipinski definition) is 6. The second-order valence-corrected chi connectivity index (χ2v) is 9.89. The number of pyridine rings is 1. The van der Waals surface area contributed by atoms with Crippen molar-refractivity contribution in [3.05, 3.63) is 65.1 Å². The van der Waals surface area contributed by atoms with Crippen LogP contribution in [0.5, 0.6) is 5.75 Å². The summed E-state index contributed by atoms with van der Waals surface area (Å²) in [6.07, 6.45) is 0.878. The summed E-state index contributed by atoms with van der Waals surface area (Å²) >= 11 is 0. The molecule has 1 saturated heterocycles. The number of ether oxygens (including phenoxy) is 1. The predicted molar refractivity (Wildman–Crippen MR) is 140 cm³/mol. The van der Waals surface area contributed by atoms with Crippen LogP contribution in [0.1, 0.15) is 43.0 Å². The Morgan fingerprint density at radius 2 is 1.97 bits per heavy atom. The third-order valence-electron chi connectivity index (χ3n) is 7.61. The molecule has 0 unspecified atom stereocenters. The number of hydrogen-bond donors (Lipinski definition) is 3.